The third-order valence-corrected chi connectivity index (χ3v) is 3.67. The van der Waals surface area contributed by atoms with E-state index >= 15 is 0 Å². The minimum Gasteiger partial charge on any atom is -0.391 e. The Morgan fingerprint density at radius 3 is 2.94 bits per heavy atom. The molecule has 0 bridgehead atoms. The molecule has 0 aliphatic carbocycles. The quantitative estimate of drug-likeness (QED) is 0.860. The first-order valence-electron chi connectivity index (χ1n) is 6.48. The number of para-hydroxylation sites is 1. The number of rotatable bonds is 3. The zero-order valence-electron chi connectivity index (χ0n) is 11.0. The minimum atomic E-state index is -0.374. The Kier molecular flexibility index (Phi) is 4.19. The third-order valence-electron chi connectivity index (χ3n) is 3.67. The van der Waals surface area contributed by atoms with Crippen molar-refractivity contribution in [1.82, 2.24) is 5.32 Å². The zero-order chi connectivity index (χ0) is 13.1. The maximum absolute atomic E-state index is 14.0. The lowest BCUT2D eigenvalue weighted by Crippen LogP contribution is -2.43. The van der Waals surface area contributed by atoms with E-state index in [1.807, 2.05) is 24.9 Å². The Bertz CT molecular complexity index is 411. The molecule has 0 spiro atoms. The topological polar surface area (TPSA) is 35.5 Å². The number of anilines is 1. The summed E-state index contributed by atoms with van der Waals surface area (Å²) in [7, 11) is 1.85. The molecule has 2 atom stereocenters. The van der Waals surface area contributed by atoms with Gasteiger partial charge in [-0.1, -0.05) is 19.1 Å². The van der Waals surface area contributed by atoms with Gasteiger partial charge in [-0.25, -0.2) is 4.39 Å². The van der Waals surface area contributed by atoms with Crippen LogP contribution in [-0.2, 0) is 6.54 Å². The second-order valence-electron chi connectivity index (χ2n) is 5.06. The van der Waals surface area contributed by atoms with Crippen LogP contribution in [0.5, 0.6) is 0 Å². The number of halogens is 1. The zero-order valence-corrected chi connectivity index (χ0v) is 11.0. The molecule has 0 radical (unpaired) electrons. The van der Waals surface area contributed by atoms with E-state index in [0.717, 1.165) is 18.5 Å². The van der Waals surface area contributed by atoms with Crippen LogP contribution in [0, 0.1) is 11.7 Å². The molecule has 1 heterocycles. The summed E-state index contributed by atoms with van der Waals surface area (Å²) in [5, 5.41) is 13.0. The highest BCUT2D eigenvalue weighted by atomic mass is 19.1. The first-order valence-corrected chi connectivity index (χ1v) is 6.48. The van der Waals surface area contributed by atoms with E-state index in [2.05, 4.69) is 5.32 Å². The van der Waals surface area contributed by atoms with Gasteiger partial charge < -0.3 is 15.3 Å². The molecule has 0 aromatic heterocycles. The Labute approximate surface area is 108 Å². The van der Waals surface area contributed by atoms with Crippen molar-refractivity contribution in [2.75, 3.05) is 25.0 Å². The molecule has 2 unspecified atom stereocenters. The second kappa shape index (κ2) is 5.67. The number of piperidine rings is 1. The molecule has 1 aliphatic heterocycles. The molecule has 0 saturated carbocycles. The largest absolute Gasteiger partial charge is 0.391 e. The molecule has 100 valence electrons. The Hall–Kier alpha value is -1.13. The van der Waals surface area contributed by atoms with Crippen molar-refractivity contribution in [3.63, 3.8) is 0 Å². The van der Waals surface area contributed by atoms with Gasteiger partial charge in [0.15, 0.2) is 0 Å². The number of nitrogens with one attached hydrogen (secondary N) is 1. The Morgan fingerprint density at radius 1 is 1.50 bits per heavy atom. The summed E-state index contributed by atoms with van der Waals surface area (Å²) >= 11 is 0. The molecule has 1 aromatic carbocycles. The van der Waals surface area contributed by atoms with Gasteiger partial charge in [-0.05, 0) is 31.0 Å². The molecule has 2 rings (SSSR count). The van der Waals surface area contributed by atoms with E-state index in [0.29, 0.717) is 24.7 Å². The normalized spacial score (nSPS) is 24.3. The van der Waals surface area contributed by atoms with Crippen LogP contribution in [0.4, 0.5) is 10.1 Å². The van der Waals surface area contributed by atoms with E-state index in [1.54, 1.807) is 6.07 Å². The van der Waals surface area contributed by atoms with E-state index in [1.165, 1.54) is 6.07 Å². The molecule has 1 fully saturated rings. The molecule has 2 N–H and O–H groups in total. The van der Waals surface area contributed by atoms with Gasteiger partial charge in [0.05, 0.1) is 11.8 Å². The molecule has 3 nitrogen and oxygen atoms in total. The second-order valence-corrected chi connectivity index (χ2v) is 5.06. The summed E-state index contributed by atoms with van der Waals surface area (Å²) in [6.45, 7) is 3.99. The van der Waals surface area contributed by atoms with Crippen molar-refractivity contribution in [2.24, 2.45) is 5.92 Å². The summed E-state index contributed by atoms with van der Waals surface area (Å²) in [5.41, 5.74) is 1.58. The molecule has 0 amide bonds. The standard InChI is InChI=1S/C14H21FN2O/c1-10-6-7-17(9-13(10)18)14-11(8-16-2)4-3-5-12(14)15/h3-5,10,13,16,18H,6-9H2,1-2H3. The average molecular weight is 252 g/mol. The lowest BCUT2D eigenvalue weighted by atomic mass is 9.95. The van der Waals surface area contributed by atoms with Crippen LogP contribution >= 0.6 is 0 Å². The molecule has 4 heteroatoms. The van der Waals surface area contributed by atoms with Crippen molar-refractivity contribution in [3.05, 3.63) is 29.6 Å². The number of β-amino-alcohol motifs (C(OH)–C–C–N with tert-alkyl or cyclic N) is 1. The van der Waals surface area contributed by atoms with Gasteiger partial charge in [-0.2, -0.15) is 0 Å². The van der Waals surface area contributed by atoms with E-state index < -0.39 is 0 Å². The number of benzene rings is 1. The molecule has 1 saturated heterocycles. The highest BCUT2D eigenvalue weighted by molar-refractivity contribution is 5.55. The van der Waals surface area contributed by atoms with Crippen LogP contribution in [-0.4, -0.2) is 31.3 Å². The van der Waals surface area contributed by atoms with Crippen LogP contribution in [0.1, 0.15) is 18.9 Å². The van der Waals surface area contributed by atoms with Crippen LogP contribution in [0.3, 0.4) is 0 Å². The van der Waals surface area contributed by atoms with Gasteiger partial charge in [0.2, 0.25) is 0 Å². The average Bonchev–Trinajstić information content (AvgIpc) is 2.34. The number of aliphatic hydroxyl groups excluding tert-OH is 1. The molecule has 1 aliphatic rings. The lowest BCUT2D eigenvalue weighted by molar-refractivity contribution is 0.102. The highest BCUT2D eigenvalue weighted by Crippen LogP contribution is 2.29. The summed E-state index contributed by atoms with van der Waals surface area (Å²) in [6, 6.07) is 5.15. The smallest absolute Gasteiger partial charge is 0.146 e. The highest BCUT2D eigenvalue weighted by Gasteiger charge is 2.27. The fourth-order valence-corrected chi connectivity index (χ4v) is 2.50. The first-order chi connectivity index (χ1) is 8.63. The maximum Gasteiger partial charge on any atom is 0.146 e. The van der Waals surface area contributed by atoms with Gasteiger partial charge in [0.25, 0.3) is 0 Å². The maximum atomic E-state index is 14.0. The van der Waals surface area contributed by atoms with Crippen LogP contribution in [0.25, 0.3) is 0 Å². The molecule has 1 aromatic rings. The van der Waals surface area contributed by atoms with Gasteiger partial charge in [-0.3, -0.25) is 0 Å². The number of aliphatic hydroxyl groups is 1. The van der Waals surface area contributed by atoms with Crippen molar-refractivity contribution in [2.45, 2.75) is 26.0 Å². The molecule has 18 heavy (non-hydrogen) atoms. The van der Waals surface area contributed by atoms with Crippen LogP contribution in [0.15, 0.2) is 18.2 Å². The SMILES string of the molecule is CNCc1cccc(F)c1N1CCC(C)C(O)C1. The monoisotopic (exact) mass is 252 g/mol. The van der Waals surface area contributed by atoms with Crippen molar-refractivity contribution < 1.29 is 9.50 Å². The number of hydrogen-bond donors (Lipinski definition) is 2. The summed E-state index contributed by atoms with van der Waals surface area (Å²) < 4.78 is 14.0. The number of nitrogens with zero attached hydrogens (tertiary/aromatic N) is 1. The van der Waals surface area contributed by atoms with Crippen LogP contribution in [0.2, 0.25) is 0 Å². The third kappa shape index (κ3) is 2.65. The number of hydrogen-bond acceptors (Lipinski definition) is 3. The fourth-order valence-electron chi connectivity index (χ4n) is 2.50. The van der Waals surface area contributed by atoms with E-state index in [4.69, 9.17) is 0 Å². The van der Waals surface area contributed by atoms with Gasteiger partial charge in [0.1, 0.15) is 5.82 Å². The minimum absolute atomic E-state index is 0.204. The van der Waals surface area contributed by atoms with E-state index in [9.17, 15) is 9.50 Å². The van der Waals surface area contributed by atoms with Crippen LogP contribution < -0.4 is 10.2 Å². The van der Waals surface area contributed by atoms with Crippen molar-refractivity contribution >= 4 is 5.69 Å². The lowest BCUT2D eigenvalue weighted by Gasteiger charge is -2.37. The fraction of sp³-hybridized carbons (Fsp3) is 0.571. The predicted molar refractivity (Wildman–Crippen MR) is 71.2 cm³/mol. The van der Waals surface area contributed by atoms with Gasteiger partial charge in [0, 0.05) is 19.6 Å². The Morgan fingerprint density at radius 2 is 2.28 bits per heavy atom. The summed E-state index contributed by atoms with van der Waals surface area (Å²) in [5.74, 6) is 0.0882. The molecular formula is C14H21FN2O. The summed E-state index contributed by atoms with van der Waals surface area (Å²) in [6.07, 6.45) is 0.523. The summed E-state index contributed by atoms with van der Waals surface area (Å²) in [4.78, 5) is 1.96. The first kappa shape index (κ1) is 13.3. The van der Waals surface area contributed by atoms with Crippen molar-refractivity contribution in [3.8, 4) is 0 Å². The van der Waals surface area contributed by atoms with Crippen molar-refractivity contribution in [1.29, 1.82) is 0 Å². The predicted octanol–water partition coefficient (Wildman–Crippen LogP) is 1.75. The Balaban J connectivity index is 2.26. The van der Waals surface area contributed by atoms with Gasteiger partial charge >= 0.3 is 0 Å². The molecular weight excluding hydrogens is 231 g/mol. The van der Waals surface area contributed by atoms with Gasteiger partial charge in [-0.15, -0.1) is 0 Å². The van der Waals surface area contributed by atoms with E-state index in [-0.39, 0.29) is 11.9 Å².